The zero-order valence-electron chi connectivity index (χ0n) is 8.34. The normalized spacial score (nSPS) is 9.93. The lowest BCUT2D eigenvalue weighted by Crippen LogP contribution is -1.94. The van der Waals surface area contributed by atoms with E-state index in [1.807, 2.05) is 24.3 Å². The summed E-state index contributed by atoms with van der Waals surface area (Å²) in [6, 6.07) is 7.43. The van der Waals surface area contributed by atoms with Crippen molar-refractivity contribution in [1.82, 2.24) is 9.97 Å². The summed E-state index contributed by atoms with van der Waals surface area (Å²) in [5, 5.41) is 0. The summed E-state index contributed by atoms with van der Waals surface area (Å²) >= 11 is 0. The first-order valence-corrected chi connectivity index (χ1v) is 4.52. The lowest BCUT2D eigenvalue weighted by molar-refractivity contribution is 0.398. The fraction of sp³-hybridized carbons (Fsp3) is 0.0909. The van der Waals surface area contributed by atoms with Gasteiger partial charge in [0.25, 0.3) is 0 Å². The van der Waals surface area contributed by atoms with Gasteiger partial charge in [-0.25, -0.2) is 9.97 Å². The maximum atomic E-state index is 5.61. The molecule has 2 rings (SSSR count). The van der Waals surface area contributed by atoms with Crippen molar-refractivity contribution >= 4 is 5.69 Å². The second-order valence-corrected chi connectivity index (χ2v) is 3.04. The minimum Gasteiger partial charge on any atom is -0.479 e. The third-order valence-corrected chi connectivity index (χ3v) is 2.04. The van der Waals surface area contributed by atoms with Crippen LogP contribution in [-0.2, 0) is 0 Å². The first-order chi connectivity index (χ1) is 7.31. The minimum atomic E-state index is 0.516. The molecule has 0 atom stereocenters. The molecule has 4 heteroatoms. The van der Waals surface area contributed by atoms with Crippen LogP contribution in [0.1, 0.15) is 0 Å². The fourth-order valence-electron chi connectivity index (χ4n) is 1.31. The Labute approximate surface area is 87.7 Å². The van der Waals surface area contributed by atoms with Crippen molar-refractivity contribution in [2.24, 2.45) is 0 Å². The van der Waals surface area contributed by atoms with Gasteiger partial charge in [-0.1, -0.05) is 12.1 Å². The monoisotopic (exact) mass is 201 g/mol. The standard InChI is InChI=1S/C11H11N3O/c1-15-11-10(13-6-7-14-11)8-2-4-9(12)5-3-8/h2-7H,12H2,1H3. The van der Waals surface area contributed by atoms with Gasteiger partial charge in [0.1, 0.15) is 5.69 Å². The summed E-state index contributed by atoms with van der Waals surface area (Å²) in [5.74, 6) is 0.516. The predicted octanol–water partition coefficient (Wildman–Crippen LogP) is 1.73. The first-order valence-electron chi connectivity index (χ1n) is 4.52. The van der Waals surface area contributed by atoms with Crippen molar-refractivity contribution in [2.75, 3.05) is 12.8 Å². The highest BCUT2D eigenvalue weighted by molar-refractivity contribution is 5.65. The number of benzene rings is 1. The molecule has 0 aliphatic rings. The zero-order chi connectivity index (χ0) is 10.7. The lowest BCUT2D eigenvalue weighted by atomic mass is 10.1. The van der Waals surface area contributed by atoms with Crippen molar-refractivity contribution in [1.29, 1.82) is 0 Å². The summed E-state index contributed by atoms with van der Waals surface area (Å²) in [6.07, 6.45) is 3.23. The Bertz CT molecular complexity index is 454. The number of anilines is 1. The van der Waals surface area contributed by atoms with Gasteiger partial charge in [-0.15, -0.1) is 0 Å². The highest BCUT2D eigenvalue weighted by Gasteiger charge is 2.06. The molecule has 1 aromatic heterocycles. The Morgan fingerprint density at radius 3 is 2.40 bits per heavy atom. The Hall–Kier alpha value is -2.10. The molecule has 0 bridgehead atoms. The smallest absolute Gasteiger partial charge is 0.240 e. The van der Waals surface area contributed by atoms with Gasteiger partial charge >= 0.3 is 0 Å². The van der Waals surface area contributed by atoms with Gasteiger partial charge in [0.05, 0.1) is 7.11 Å². The van der Waals surface area contributed by atoms with Crippen LogP contribution >= 0.6 is 0 Å². The van der Waals surface area contributed by atoms with Crippen molar-refractivity contribution in [3.8, 4) is 17.1 Å². The number of rotatable bonds is 2. The summed E-state index contributed by atoms with van der Waals surface area (Å²) in [6.45, 7) is 0. The maximum absolute atomic E-state index is 5.61. The number of nitrogen functional groups attached to an aromatic ring is 1. The van der Waals surface area contributed by atoms with Crippen LogP contribution in [0.4, 0.5) is 5.69 Å². The molecule has 1 aromatic carbocycles. The summed E-state index contributed by atoms with van der Waals surface area (Å²) in [7, 11) is 1.57. The van der Waals surface area contributed by atoms with E-state index in [0.717, 1.165) is 16.9 Å². The van der Waals surface area contributed by atoms with Crippen molar-refractivity contribution in [3.63, 3.8) is 0 Å². The molecule has 0 aliphatic carbocycles. The van der Waals surface area contributed by atoms with Crippen LogP contribution in [-0.4, -0.2) is 17.1 Å². The van der Waals surface area contributed by atoms with Crippen LogP contribution < -0.4 is 10.5 Å². The fourth-order valence-corrected chi connectivity index (χ4v) is 1.31. The molecule has 4 nitrogen and oxygen atoms in total. The SMILES string of the molecule is COc1nccnc1-c1ccc(N)cc1. The van der Waals surface area contributed by atoms with Crippen LogP contribution in [0, 0.1) is 0 Å². The Kier molecular flexibility index (Phi) is 2.49. The van der Waals surface area contributed by atoms with E-state index >= 15 is 0 Å². The van der Waals surface area contributed by atoms with Gasteiger partial charge in [-0.2, -0.15) is 0 Å². The lowest BCUT2D eigenvalue weighted by Gasteiger charge is -2.05. The summed E-state index contributed by atoms with van der Waals surface area (Å²) in [4.78, 5) is 8.30. The number of methoxy groups -OCH3 is 1. The third-order valence-electron chi connectivity index (χ3n) is 2.04. The van der Waals surface area contributed by atoms with E-state index in [9.17, 15) is 0 Å². The van der Waals surface area contributed by atoms with Gasteiger partial charge in [0.15, 0.2) is 0 Å². The number of nitrogens with two attached hydrogens (primary N) is 1. The van der Waals surface area contributed by atoms with Crippen LogP contribution in [0.3, 0.4) is 0 Å². The Balaban J connectivity index is 2.49. The van der Waals surface area contributed by atoms with E-state index in [2.05, 4.69) is 9.97 Å². The highest BCUT2D eigenvalue weighted by Crippen LogP contribution is 2.25. The van der Waals surface area contributed by atoms with Crippen LogP contribution in [0.2, 0.25) is 0 Å². The molecule has 76 valence electrons. The molecule has 0 saturated heterocycles. The van der Waals surface area contributed by atoms with Crippen LogP contribution in [0.25, 0.3) is 11.3 Å². The largest absolute Gasteiger partial charge is 0.479 e. The third kappa shape index (κ3) is 1.88. The number of nitrogens with zero attached hydrogens (tertiary/aromatic N) is 2. The Morgan fingerprint density at radius 1 is 1.07 bits per heavy atom. The van der Waals surface area contributed by atoms with Crippen molar-refractivity contribution in [2.45, 2.75) is 0 Å². The summed E-state index contributed by atoms with van der Waals surface area (Å²) in [5.41, 5.74) is 7.99. The average molecular weight is 201 g/mol. The molecule has 0 fully saturated rings. The quantitative estimate of drug-likeness (QED) is 0.752. The molecule has 15 heavy (non-hydrogen) atoms. The molecular formula is C11H11N3O. The van der Waals surface area contributed by atoms with Gasteiger partial charge in [0.2, 0.25) is 5.88 Å². The Morgan fingerprint density at radius 2 is 1.73 bits per heavy atom. The molecule has 0 amide bonds. The second-order valence-electron chi connectivity index (χ2n) is 3.04. The molecule has 0 aliphatic heterocycles. The maximum Gasteiger partial charge on any atom is 0.240 e. The van der Waals surface area contributed by atoms with E-state index in [1.165, 1.54) is 0 Å². The van der Waals surface area contributed by atoms with Crippen molar-refractivity contribution < 1.29 is 4.74 Å². The topological polar surface area (TPSA) is 61.0 Å². The van der Waals surface area contributed by atoms with E-state index in [0.29, 0.717) is 5.88 Å². The molecule has 0 unspecified atom stereocenters. The molecule has 1 heterocycles. The molecule has 0 saturated carbocycles. The minimum absolute atomic E-state index is 0.516. The van der Waals surface area contributed by atoms with Crippen molar-refractivity contribution in [3.05, 3.63) is 36.7 Å². The van der Waals surface area contributed by atoms with E-state index in [4.69, 9.17) is 10.5 Å². The summed E-state index contributed by atoms with van der Waals surface area (Å²) < 4.78 is 5.13. The number of hydrogen-bond acceptors (Lipinski definition) is 4. The average Bonchev–Trinajstić information content (AvgIpc) is 2.30. The van der Waals surface area contributed by atoms with Gasteiger partial charge in [0, 0.05) is 23.6 Å². The van der Waals surface area contributed by atoms with Crippen LogP contribution in [0.5, 0.6) is 5.88 Å². The van der Waals surface area contributed by atoms with Gasteiger partial charge in [-0.05, 0) is 12.1 Å². The second kappa shape index (κ2) is 3.96. The van der Waals surface area contributed by atoms with Gasteiger partial charge < -0.3 is 10.5 Å². The van der Waals surface area contributed by atoms with Crippen LogP contribution in [0.15, 0.2) is 36.7 Å². The molecular weight excluding hydrogens is 190 g/mol. The molecule has 2 aromatic rings. The van der Waals surface area contributed by atoms with E-state index in [1.54, 1.807) is 19.5 Å². The number of aromatic nitrogens is 2. The molecule has 0 radical (unpaired) electrons. The molecule has 2 N–H and O–H groups in total. The number of ether oxygens (including phenoxy) is 1. The zero-order valence-corrected chi connectivity index (χ0v) is 8.34. The number of hydrogen-bond donors (Lipinski definition) is 1. The predicted molar refractivity (Wildman–Crippen MR) is 58.4 cm³/mol. The highest BCUT2D eigenvalue weighted by atomic mass is 16.5. The van der Waals surface area contributed by atoms with Gasteiger partial charge in [-0.3, -0.25) is 0 Å². The van der Waals surface area contributed by atoms with E-state index < -0.39 is 0 Å². The first kappa shape index (κ1) is 9.45. The van der Waals surface area contributed by atoms with E-state index in [-0.39, 0.29) is 0 Å². The molecule has 0 spiro atoms.